The van der Waals surface area contributed by atoms with Gasteiger partial charge in [0.1, 0.15) is 0 Å². The van der Waals surface area contributed by atoms with Gasteiger partial charge in [0.2, 0.25) is 0 Å². The summed E-state index contributed by atoms with van der Waals surface area (Å²) in [5, 5.41) is 12.3. The molecule has 0 aliphatic rings. The first-order chi connectivity index (χ1) is 5.07. The summed E-state index contributed by atoms with van der Waals surface area (Å²) in [5.41, 5.74) is 0. The molecule has 0 saturated carbocycles. The van der Waals surface area contributed by atoms with E-state index in [1.165, 1.54) is 6.42 Å². The fourth-order valence-electron chi connectivity index (χ4n) is 0.911. The van der Waals surface area contributed by atoms with Crippen LogP contribution in [0.25, 0.3) is 0 Å². The van der Waals surface area contributed by atoms with E-state index in [-0.39, 0.29) is 6.10 Å². The van der Waals surface area contributed by atoms with Crippen molar-refractivity contribution in [3.05, 3.63) is 0 Å². The predicted octanol–water partition coefficient (Wildman–Crippen LogP) is 1.39. The number of hydrogen-bond donors (Lipinski definition) is 2. The van der Waals surface area contributed by atoms with Crippen LogP contribution in [0.3, 0.4) is 0 Å². The normalized spacial score (nSPS) is 19.4. The van der Waals surface area contributed by atoms with Crippen molar-refractivity contribution in [2.75, 3.05) is 6.54 Å². The third kappa shape index (κ3) is 5.22. The van der Waals surface area contributed by atoms with Crippen LogP contribution in [0.2, 0.25) is 0 Å². The van der Waals surface area contributed by atoms with Crippen molar-refractivity contribution in [3.63, 3.8) is 0 Å². The number of nitrogens with one attached hydrogen (secondary N) is 1. The highest BCUT2D eigenvalue weighted by atomic mass is 16.3. The largest absolute Gasteiger partial charge is 0.392 e. The lowest BCUT2D eigenvalue weighted by atomic mass is 10.0. The smallest absolute Gasteiger partial charge is 0.0636 e. The second kappa shape index (κ2) is 5.56. The number of aliphatic hydroxyl groups excluding tert-OH is 1. The Kier molecular flexibility index (Phi) is 5.51. The van der Waals surface area contributed by atoms with Crippen LogP contribution >= 0.6 is 0 Å². The Morgan fingerprint density at radius 1 is 1.27 bits per heavy atom. The van der Waals surface area contributed by atoms with Crippen molar-refractivity contribution >= 4 is 0 Å². The monoisotopic (exact) mass is 159 g/mol. The van der Waals surface area contributed by atoms with Crippen LogP contribution in [-0.2, 0) is 0 Å². The van der Waals surface area contributed by atoms with Crippen molar-refractivity contribution in [1.82, 2.24) is 5.32 Å². The Bertz CT molecular complexity index is 93.6. The van der Waals surface area contributed by atoms with Gasteiger partial charge in [0.25, 0.3) is 0 Å². The zero-order valence-electron chi connectivity index (χ0n) is 8.09. The number of aliphatic hydroxyl groups is 1. The molecule has 0 aromatic heterocycles. The predicted molar refractivity (Wildman–Crippen MR) is 48.6 cm³/mol. The zero-order valence-corrected chi connectivity index (χ0v) is 8.09. The van der Waals surface area contributed by atoms with E-state index >= 15 is 0 Å². The van der Waals surface area contributed by atoms with E-state index in [0.717, 1.165) is 0 Å². The molecular weight excluding hydrogens is 138 g/mol. The summed E-state index contributed by atoms with van der Waals surface area (Å²) >= 11 is 0. The maximum absolute atomic E-state index is 8.99. The lowest BCUT2D eigenvalue weighted by Crippen LogP contribution is -2.36. The molecule has 2 nitrogen and oxygen atoms in total. The summed E-state index contributed by atoms with van der Waals surface area (Å²) < 4.78 is 0. The molecule has 11 heavy (non-hydrogen) atoms. The Balaban J connectivity index is 3.43. The molecule has 68 valence electrons. The zero-order chi connectivity index (χ0) is 8.85. The average molecular weight is 159 g/mol. The second-order valence-corrected chi connectivity index (χ2v) is 3.43. The molecule has 0 spiro atoms. The quantitative estimate of drug-likeness (QED) is 0.635. The van der Waals surface area contributed by atoms with Crippen molar-refractivity contribution in [2.24, 2.45) is 5.92 Å². The topological polar surface area (TPSA) is 32.3 Å². The molecule has 0 heterocycles. The van der Waals surface area contributed by atoms with Crippen molar-refractivity contribution < 1.29 is 5.11 Å². The van der Waals surface area contributed by atoms with Gasteiger partial charge in [-0.2, -0.15) is 0 Å². The molecule has 0 aliphatic carbocycles. The molecule has 3 atom stereocenters. The van der Waals surface area contributed by atoms with Crippen molar-refractivity contribution in [2.45, 2.75) is 46.3 Å². The molecule has 0 amide bonds. The van der Waals surface area contributed by atoms with E-state index in [4.69, 9.17) is 5.11 Å². The summed E-state index contributed by atoms with van der Waals surface area (Å²) in [6.45, 7) is 9.07. The first-order valence-corrected chi connectivity index (χ1v) is 4.49. The van der Waals surface area contributed by atoms with Crippen molar-refractivity contribution in [3.8, 4) is 0 Å². The molecular formula is C9H21NO. The van der Waals surface area contributed by atoms with Crippen LogP contribution in [0.15, 0.2) is 0 Å². The average Bonchev–Trinajstić information content (AvgIpc) is 1.98. The summed E-state index contributed by atoms with van der Waals surface area (Å²) in [6.07, 6.45) is 0.954. The van der Waals surface area contributed by atoms with Crippen LogP contribution in [0.4, 0.5) is 0 Å². The van der Waals surface area contributed by atoms with Crippen LogP contribution in [-0.4, -0.2) is 23.8 Å². The van der Waals surface area contributed by atoms with Gasteiger partial charge in [0.05, 0.1) is 6.10 Å². The molecule has 2 unspecified atom stereocenters. The summed E-state index contributed by atoms with van der Waals surface area (Å²) in [5.74, 6) is 0.689. The maximum atomic E-state index is 8.99. The SMILES string of the molecule is CCC(C)C(C)NC[C@@H](C)O. The van der Waals surface area contributed by atoms with Gasteiger partial charge in [-0.3, -0.25) is 0 Å². The highest BCUT2D eigenvalue weighted by Crippen LogP contribution is 2.05. The van der Waals surface area contributed by atoms with Crippen LogP contribution < -0.4 is 5.32 Å². The first kappa shape index (κ1) is 10.9. The Morgan fingerprint density at radius 2 is 1.82 bits per heavy atom. The van der Waals surface area contributed by atoms with Crippen LogP contribution in [0.5, 0.6) is 0 Å². The van der Waals surface area contributed by atoms with Gasteiger partial charge < -0.3 is 10.4 Å². The number of rotatable bonds is 5. The summed E-state index contributed by atoms with van der Waals surface area (Å²) in [6, 6.07) is 0.509. The van der Waals surface area contributed by atoms with E-state index in [1.807, 2.05) is 0 Å². The van der Waals surface area contributed by atoms with Crippen LogP contribution in [0.1, 0.15) is 34.1 Å². The summed E-state index contributed by atoms with van der Waals surface area (Å²) in [4.78, 5) is 0. The molecule has 0 aromatic rings. The first-order valence-electron chi connectivity index (χ1n) is 4.49. The van der Waals surface area contributed by atoms with Gasteiger partial charge >= 0.3 is 0 Å². The minimum Gasteiger partial charge on any atom is -0.392 e. The minimum absolute atomic E-state index is 0.235. The Morgan fingerprint density at radius 3 is 2.18 bits per heavy atom. The molecule has 2 heteroatoms. The molecule has 0 saturated heterocycles. The lowest BCUT2D eigenvalue weighted by molar-refractivity contribution is 0.182. The molecule has 0 aliphatic heterocycles. The minimum atomic E-state index is -0.235. The Labute approximate surface area is 70.0 Å². The van der Waals surface area contributed by atoms with Gasteiger partial charge in [-0.1, -0.05) is 20.3 Å². The van der Waals surface area contributed by atoms with E-state index in [2.05, 4.69) is 26.1 Å². The molecule has 0 fully saturated rings. The molecule has 0 aromatic carbocycles. The van der Waals surface area contributed by atoms with E-state index in [1.54, 1.807) is 6.92 Å². The highest BCUT2D eigenvalue weighted by Gasteiger charge is 2.09. The number of hydrogen-bond acceptors (Lipinski definition) is 2. The molecule has 0 rings (SSSR count). The van der Waals surface area contributed by atoms with E-state index < -0.39 is 0 Å². The van der Waals surface area contributed by atoms with Gasteiger partial charge in [-0.15, -0.1) is 0 Å². The molecule has 0 radical (unpaired) electrons. The van der Waals surface area contributed by atoms with Gasteiger partial charge in [0.15, 0.2) is 0 Å². The molecule has 0 bridgehead atoms. The fraction of sp³-hybridized carbons (Fsp3) is 1.00. The van der Waals surface area contributed by atoms with Gasteiger partial charge in [0, 0.05) is 12.6 Å². The fourth-order valence-corrected chi connectivity index (χ4v) is 0.911. The highest BCUT2D eigenvalue weighted by molar-refractivity contribution is 4.67. The van der Waals surface area contributed by atoms with Crippen molar-refractivity contribution in [1.29, 1.82) is 0 Å². The van der Waals surface area contributed by atoms with E-state index in [9.17, 15) is 0 Å². The molecule has 2 N–H and O–H groups in total. The van der Waals surface area contributed by atoms with Crippen LogP contribution in [0, 0.1) is 5.92 Å². The summed E-state index contributed by atoms with van der Waals surface area (Å²) in [7, 11) is 0. The Hall–Kier alpha value is -0.0800. The van der Waals surface area contributed by atoms with E-state index in [0.29, 0.717) is 18.5 Å². The maximum Gasteiger partial charge on any atom is 0.0636 e. The third-order valence-corrected chi connectivity index (χ3v) is 2.23. The standard InChI is InChI=1S/C9H21NO/c1-5-7(2)9(4)10-6-8(3)11/h7-11H,5-6H2,1-4H3/t7?,8-,9?/m1/s1. The van der Waals surface area contributed by atoms with Gasteiger partial charge in [-0.25, -0.2) is 0 Å². The second-order valence-electron chi connectivity index (χ2n) is 3.43. The lowest BCUT2D eigenvalue weighted by Gasteiger charge is -2.20. The van der Waals surface area contributed by atoms with Gasteiger partial charge in [-0.05, 0) is 19.8 Å². The third-order valence-electron chi connectivity index (χ3n) is 2.23.